The van der Waals surface area contributed by atoms with Crippen LogP contribution in [0.2, 0.25) is 0 Å². The van der Waals surface area contributed by atoms with E-state index >= 15 is 0 Å². The Morgan fingerprint density at radius 3 is 2.53 bits per heavy atom. The Kier molecular flexibility index (Phi) is 5.37. The highest BCUT2D eigenvalue weighted by Crippen LogP contribution is 2.23. The van der Waals surface area contributed by atoms with Gasteiger partial charge in [0.1, 0.15) is 5.82 Å². The Morgan fingerprint density at radius 2 is 2.00 bits per heavy atom. The van der Waals surface area contributed by atoms with Gasteiger partial charge in [-0.2, -0.15) is 0 Å². The molecule has 1 aliphatic rings. The van der Waals surface area contributed by atoms with E-state index < -0.39 is 0 Å². The second kappa shape index (κ2) is 6.34. The number of nitrogens with zero attached hydrogens (tertiary/aromatic N) is 1. The lowest BCUT2D eigenvalue weighted by Crippen LogP contribution is -2.27. The molecule has 0 bridgehead atoms. The first-order valence-corrected chi connectivity index (χ1v) is 5.87. The molecule has 2 atom stereocenters. The highest BCUT2D eigenvalue weighted by molar-refractivity contribution is 5.85. The van der Waals surface area contributed by atoms with Crippen molar-refractivity contribution in [3.8, 4) is 0 Å². The summed E-state index contributed by atoms with van der Waals surface area (Å²) in [6, 6.07) is 7.35. The molecule has 96 valence electrons. The standard InChI is InChI=1S/C13H19FN2.ClH/c1-10-6-12(7-15)9-16(10)8-11-2-4-13(14)5-3-11;/h2-5,10,12H,6-9,15H2,1H3;1H. The topological polar surface area (TPSA) is 29.3 Å². The molecule has 4 heteroatoms. The van der Waals surface area contributed by atoms with Crippen LogP contribution in [0.1, 0.15) is 18.9 Å². The molecule has 0 spiro atoms. The van der Waals surface area contributed by atoms with Gasteiger partial charge in [-0.1, -0.05) is 12.1 Å². The summed E-state index contributed by atoms with van der Waals surface area (Å²) < 4.78 is 12.8. The molecule has 0 radical (unpaired) electrons. The third-order valence-corrected chi connectivity index (χ3v) is 3.42. The first-order chi connectivity index (χ1) is 7.69. The van der Waals surface area contributed by atoms with Crippen molar-refractivity contribution in [3.05, 3.63) is 35.6 Å². The van der Waals surface area contributed by atoms with Gasteiger partial charge in [-0.15, -0.1) is 12.4 Å². The number of rotatable bonds is 3. The van der Waals surface area contributed by atoms with Crippen LogP contribution in [0.4, 0.5) is 4.39 Å². The van der Waals surface area contributed by atoms with Crippen LogP contribution in [0.25, 0.3) is 0 Å². The molecule has 1 saturated heterocycles. The van der Waals surface area contributed by atoms with Crippen LogP contribution in [-0.4, -0.2) is 24.0 Å². The third-order valence-electron chi connectivity index (χ3n) is 3.42. The van der Waals surface area contributed by atoms with Crippen molar-refractivity contribution >= 4 is 12.4 Å². The average molecular weight is 259 g/mol. The molecule has 1 fully saturated rings. The second-order valence-corrected chi connectivity index (χ2v) is 4.74. The summed E-state index contributed by atoms with van der Waals surface area (Å²) in [6.07, 6.45) is 1.18. The molecule has 0 aromatic heterocycles. The summed E-state index contributed by atoms with van der Waals surface area (Å²) in [6.45, 7) is 4.97. The molecule has 1 heterocycles. The maximum Gasteiger partial charge on any atom is 0.123 e. The van der Waals surface area contributed by atoms with E-state index in [1.54, 1.807) is 0 Å². The van der Waals surface area contributed by atoms with Gasteiger partial charge in [0.15, 0.2) is 0 Å². The minimum atomic E-state index is -0.168. The van der Waals surface area contributed by atoms with Crippen molar-refractivity contribution in [1.82, 2.24) is 4.90 Å². The molecule has 17 heavy (non-hydrogen) atoms. The summed E-state index contributed by atoms with van der Waals surface area (Å²) in [4.78, 5) is 2.42. The zero-order valence-corrected chi connectivity index (χ0v) is 10.9. The van der Waals surface area contributed by atoms with Gasteiger partial charge in [-0.05, 0) is 43.5 Å². The van der Waals surface area contributed by atoms with Crippen molar-refractivity contribution in [3.63, 3.8) is 0 Å². The number of halogens is 2. The van der Waals surface area contributed by atoms with E-state index in [-0.39, 0.29) is 18.2 Å². The van der Waals surface area contributed by atoms with E-state index in [9.17, 15) is 4.39 Å². The fourth-order valence-corrected chi connectivity index (χ4v) is 2.43. The summed E-state index contributed by atoms with van der Waals surface area (Å²) >= 11 is 0. The number of benzene rings is 1. The maximum atomic E-state index is 12.8. The van der Waals surface area contributed by atoms with Crippen molar-refractivity contribution in [1.29, 1.82) is 0 Å². The van der Waals surface area contributed by atoms with Crippen molar-refractivity contribution in [2.24, 2.45) is 11.7 Å². The molecule has 0 saturated carbocycles. The van der Waals surface area contributed by atoms with Gasteiger partial charge in [0, 0.05) is 19.1 Å². The Hall–Kier alpha value is -0.640. The molecule has 1 aliphatic heterocycles. The van der Waals surface area contributed by atoms with Crippen LogP contribution in [0, 0.1) is 11.7 Å². The number of hydrogen-bond acceptors (Lipinski definition) is 2. The number of hydrogen-bond donors (Lipinski definition) is 1. The predicted octanol–water partition coefficient (Wildman–Crippen LogP) is 2.42. The van der Waals surface area contributed by atoms with E-state index in [0.717, 1.165) is 19.6 Å². The first kappa shape index (κ1) is 14.4. The van der Waals surface area contributed by atoms with Gasteiger partial charge in [0.2, 0.25) is 0 Å². The number of likely N-dealkylation sites (tertiary alicyclic amines) is 1. The average Bonchev–Trinajstić information content (AvgIpc) is 2.63. The van der Waals surface area contributed by atoms with Crippen molar-refractivity contribution in [2.45, 2.75) is 25.9 Å². The Labute approximate surface area is 108 Å². The fraction of sp³-hybridized carbons (Fsp3) is 0.538. The van der Waals surface area contributed by atoms with Gasteiger partial charge < -0.3 is 5.73 Å². The zero-order chi connectivity index (χ0) is 11.5. The van der Waals surface area contributed by atoms with E-state index in [4.69, 9.17) is 5.73 Å². The predicted molar refractivity (Wildman–Crippen MR) is 70.7 cm³/mol. The van der Waals surface area contributed by atoms with E-state index in [1.165, 1.54) is 24.1 Å². The largest absolute Gasteiger partial charge is 0.330 e. The minimum absolute atomic E-state index is 0. The quantitative estimate of drug-likeness (QED) is 0.902. The number of nitrogens with two attached hydrogens (primary N) is 1. The van der Waals surface area contributed by atoms with E-state index in [2.05, 4.69) is 11.8 Å². The van der Waals surface area contributed by atoms with Gasteiger partial charge in [-0.3, -0.25) is 4.90 Å². The second-order valence-electron chi connectivity index (χ2n) is 4.74. The Morgan fingerprint density at radius 1 is 1.35 bits per heavy atom. The van der Waals surface area contributed by atoms with Gasteiger partial charge in [-0.25, -0.2) is 4.39 Å². The highest BCUT2D eigenvalue weighted by Gasteiger charge is 2.27. The highest BCUT2D eigenvalue weighted by atomic mass is 35.5. The van der Waals surface area contributed by atoms with Crippen LogP contribution in [-0.2, 0) is 6.54 Å². The molecule has 2 rings (SSSR count). The van der Waals surface area contributed by atoms with Crippen molar-refractivity contribution in [2.75, 3.05) is 13.1 Å². The summed E-state index contributed by atoms with van der Waals surface area (Å²) in [5, 5.41) is 0. The van der Waals surface area contributed by atoms with Crippen LogP contribution < -0.4 is 5.73 Å². The van der Waals surface area contributed by atoms with Gasteiger partial charge >= 0.3 is 0 Å². The normalized spacial score (nSPS) is 24.6. The molecule has 0 aliphatic carbocycles. The Bertz CT molecular complexity index is 342. The van der Waals surface area contributed by atoms with Crippen LogP contribution >= 0.6 is 12.4 Å². The zero-order valence-electron chi connectivity index (χ0n) is 10.1. The SMILES string of the molecule is CC1CC(CN)CN1Cc1ccc(F)cc1.Cl. The van der Waals surface area contributed by atoms with E-state index in [0.29, 0.717) is 12.0 Å². The molecule has 2 nitrogen and oxygen atoms in total. The summed E-state index contributed by atoms with van der Waals surface area (Å²) in [5.41, 5.74) is 6.87. The van der Waals surface area contributed by atoms with Gasteiger partial charge in [0.05, 0.1) is 0 Å². The molecular weight excluding hydrogens is 239 g/mol. The minimum Gasteiger partial charge on any atom is -0.330 e. The van der Waals surface area contributed by atoms with Crippen LogP contribution in [0.5, 0.6) is 0 Å². The lowest BCUT2D eigenvalue weighted by atomic mass is 10.1. The Balaban J connectivity index is 0.00000144. The van der Waals surface area contributed by atoms with Gasteiger partial charge in [0.25, 0.3) is 0 Å². The smallest absolute Gasteiger partial charge is 0.123 e. The molecular formula is C13H20ClFN2. The van der Waals surface area contributed by atoms with E-state index in [1.807, 2.05) is 12.1 Å². The summed E-state index contributed by atoms with van der Waals surface area (Å²) in [5.74, 6) is 0.452. The maximum absolute atomic E-state index is 12.8. The first-order valence-electron chi connectivity index (χ1n) is 5.87. The molecule has 1 aromatic rings. The van der Waals surface area contributed by atoms with Crippen molar-refractivity contribution < 1.29 is 4.39 Å². The molecule has 1 aromatic carbocycles. The fourth-order valence-electron chi connectivity index (χ4n) is 2.43. The summed E-state index contributed by atoms with van der Waals surface area (Å²) in [7, 11) is 0. The molecule has 2 N–H and O–H groups in total. The van der Waals surface area contributed by atoms with Crippen LogP contribution in [0.15, 0.2) is 24.3 Å². The monoisotopic (exact) mass is 258 g/mol. The lowest BCUT2D eigenvalue weighted by molar-refractivity contribution is 0.256. The third kappa shape index (κ3) is 3.66. The lowest BCUT2D eigenvalue weighted by Gasteiger charge is -2.20. The molecule has 2 unspecified atom stereocenters. The molecule has 0 amide bonds. The van der Waals surface area contributed by atoms with Crippen LogP contribution in [0.3, 0.4) is 0 Å².